The molecule has 0 fully saturated rings. The van der Waals surface area contributed by atoms with Crippen molar-refractivity contribution in [2.24, 2.45) is 0 Å². The van der Waals surface area contributed by atoms with Gasteiger partial charge in [-0.2, -0.15) is 0 Å². The zero-order chi connectivity index (χ0) is 15.5. The third-order valence-corrected chi connectivity index (χ3v) is 3.91. The average molecular weight is 304 g/mol. The van der Waals surface area contributed by atoms with Crippen molar-refractivity contribution in [2.75, 3.05) is 16.3 Å². The van der Waals surface area contributed by atoms with Gasteiger partial charge in [-0.25, -0.2) is 8.42 Å². The smallest absolute Gasteiger partial charge is 0.229 e. The fraction of sp³-hybridized carbons (Fsp3) is 0.250. The van der Waals surface area contributed by atoms with E-state index in [1.54, 1.807) is 12.1 Å². The maximum absolute atomic E-state index is 11.1. The van der Waals surface area contributed by atoms with Crippen molar-refractivity contribution in [2.45, 2.75) is 20.4 Å². The molecule has 21 heavy (non-hydrogen) atoms. The van der Waals surface area contributed by atoms with Crippen molar-refractivity contribution in [3.8, 4) is 0 Å². The van der Waals surface area contributed by atoms with E-state index in [9.17, 15) is 8.42 Å². The Bertz CT molecular complexity index is 702. The monoisotopic (exact) mass is 304 g/mol. The Balaban J connectivity index is 2.04. The molecule has 4 nitrogen and oxygen atoms in total. The summed E-state index contributed by atoms with van der Waals surface area (Å²) in [7, 11) is -3.23. The first-order valence-electron chi connectivity index (χ1n) is 6.72. The SMILES string of the molecule is Cc1cccc(C)c1CNc1ccc(NS(C)(=O)=O)cc1. The van der Waals surface area contributed by atoms with Gasteiger partial charge >= 0.3 is 0 Å². The van der Waals surface area contributed by atoms with E-state index in [0.717, 1.165) is 18.5 Å². The lowest BCUT2D eigenvalue weighted by Crippen LogP contribution is -2.09. The summed E-state index contributed by atoms with van der Waals surface area (Å²) in [5.74, 6) is 0. The van der Waals surface area contributed by atoms with Crippen LogP contribution in [0, 0.1) is 13.8 Å². The van der Waals surface area contributed by atoms with Crippen molar-refractivity contribution in [1.29, 1.82) is 0 Å². The molecule has 0 unspecified atom stereocenters. The van der Waals surface area contributed by atoms with Gasteiger partial charge in [-0.3, -0.25) is 4.72 Å². The molecular formula is C16H20N2O2S. The highest BCUT2D eigenvalue weighted by Crippen LogP contribution is 2.18. The highest BCUT2D eigenvalue weighted by Gasteiger charge is 2.03. The number of sulfonamides is 1. The molecule has 2 aromatic rings. The first-order valence-corrected chi connectivity index (χ1v) is 8.61. The largest absolute Gasteiger partial charge is 0.381 e. The second-order valence-corrected chi connectivity index (χ2v) is 6.92. The van der Waals surface area contributed by atoms with Gasteiger partial charge in [-0.15, -0.1) is 0 Å². The second-order valence-electron chi connectivity index (χ2n) is 5.18. The summed E-state index contributed by atoms with van der Waals surface area (Å²) in [6, 6.07) is 13.5. The van der Waals surface area contributed by atoms with E-state index in [-0.39, 0.29) is 0 Å². The fourth-order valence-electron chi connectivity index (χ4n) is 2.19. The molecule has 0 radical (unpaired) electrons. The van der Waals surface area contributed by atoms with E-state index in [4.69, 9.17) is 0 Å². The summed E-state index contributed by atoms with van der Waals surface area (Å²) in [4.78, 5) is 0. The van der Waals surface area contributed by atoms with Gasteiger partial charge in [0, 0.05) is 17.9 Å². The number of aryl methyl sites for hydroxylation is 2. The minimum atomic E-state index is -3.23. The van der Waals surface area contributed by atoms with Gasteiger partial charge in [0.2, 0.25) is 10.0 Å². The van der Waals surface area contributed by atoms with Gasteiger partial charge in [0.15, 0.2) is 0 Å². The van der Waals surface area contributed by atoms with Crippen LogP contribution >= 0.6 is 0 Å². The van der Waals surface area contributed by atoms with Crippen LogP contribution in [0.5, 0.6) is 0 Å². The number of hydrogen-bond donors (Lipinski definition) is 2. The maximum Gasteiger partial charge on any atom is 0.229 e. The number of hydrogen-bond acceptors (Lipinski definition) is 3. The Hall–Kier alpha value is -2.01. The Morgan fingerprint density at radius 3 is 1.95 bits per heavy atom. The number of benzene rings is 2. The van der Waals surface area contributed by atoms with E-state index in [1.807, 2.05) is 12.1 Å². The van der Waals surface area contributed by atoms with Crippen LogP contribution in [0.3, 0.4) is 0 Å². The lowest BCUT2D eigenvalue weighted by molar-refractivity contribution is 0.607. The van der Waals surface area contributed by atoms with Gasteiger partial charge in [0.25, 0.3) is 0 Å². The van der Waals surface area contributed by atoms with Crippen LogP contribution in [-0.4, -0.2) is 14.7 Å². The Morgan fingerprint density at radius 2 is 1.43 bits per heavy atom. The lowest BCUT2D eigenvalue weighted by Gasteiger charge is -2.12. The van der Waals surface area contributed by atoms with E-state index in [0.29, 0.717) is 5.69 Å². The van der Waals surface area contributed by atoms with Crippen molar-refractivity contribution in [1.82, 2.24) is 0 Å². The Morgan fingerprint density at radius 1 is 0.905 bits per heavy atom. The molecule has 0 saturated carbocycles. The van der Waals surface area contributed by atoms with Crippen LogP contribution < -0.4 is 10.0 Å². The molecule has 0 heterocycles. The van der Waals surface area contributed by atoms with Crippen LogP contribution in [0.4, 0.5) is 11.4 Å². The molecule has 0 aliphatic rings. The highest BCUT2D eigenvalue weighted by atomic mass is 32.2. The van der Waals surface area contributed by atoms with Crippen molar-refractivity contribution < 1.29 is 8.42 Å². The molecule has 0 atom stereocenters. The molecule has 2 aromatic carbocycles. The van der Waals surface area contributed by atoms with Crippen LogP contribution in [0.2, 0.25) is 0 Å². The quantitative estimate of drug-likeness (QED) is 0.891. The van der Waals surface area contributed by atoms with E-state index in [2.05, 4.69) is 42.1 Å². The standard InChI is InChI=1S/C16H20N2O2S/c1-12-5-4-6-13(2)16(12)11-17-14-7-9-15(10-8-14)18-21(3,19)20/h4-10,17-18H,11H2,1-3H3. The van der Waals surface area contributed by atoms with Gasteiger partial charge < -0.3 is 5.32 Å². The Kier molecular flexibility index (Phi) is 4.53. The van der Waals surface area contributed by atoms with Crippen LogP contribution in [0.1, 0.15) is 16.7 Å². The number of nitrogens with one attached hydrogen (secondary N) is 2. The normalized spacial score (nSPS) is 11.2. The minimum Gasteiger partial charge on any atom is -0.381 e. The molecular weight excluding hydrogens is 284 g/mol. The number of rotatable bonds is 5. The summed E-state index contributed by atoms with van der Waals surface area (Å²) in [5, 5.41) is 3.36. The maximum atomic E-state index is 11.1. The molecule has 0 aromatic heterocycles. The molecule has 2 rings (SSSR count). The molecule has 0 spiro atoms. The third kappa shape index (κ3) is 4.49. The summed E-state index contributed by atoms with van der Waals surface area (Å²) in [6.07, 6.45) is 1.14. The molecule has 0 aliphatic carbocycles. The second kappa shape index (κ2) is 6.18. The molecule has 0 bridgehead atoms. The molecule has 5 heteroatoms. The van der Waals surface area contributed by atoms with Gasteiger partial charge in [0.1, 0.15) is 0 Å². The van der Waals surface area contributed by atoms with Gasteiger partial charge in [-0.05, 0) is 54.8 Å². The Labute approximate surface area is 126 Å². The van der Waals surface area contributed by atoms with E-state index in [1.165, 1.54) is 16.7 Å². The first-order chi connectivity index (χ1) is 9.85. The topological polar surface area (TPSA) is 58.2 Å². The van der Waals surface area contributed by atoms with E-state index >= 15 is 0 Å². The average Bonchev–Trinajstić information content (AvgIpc) is 2.38. The third-order valence-electron chi connectivity index (χ3n) is 3.30. The van der Waals surface area contributed by atoms with Crippen molar-refractivity contribution in [3.63, 3.8) is 0 Å². The summed E-state index contributed by atoms with van der Waals surface area (Å²) in [6.45, 7) is 4.95. The number of anilines is 2. The molecule has 0 aliphatic heterocycles. The van der Waals surface area contributed by atoms with Crippen molar-refractivity contribution in [3.05, 3.63) is 59.2 Å². The molecule has 0 amide bonds. The molecule has 0 saturated heterocycles. The fourth-order valence-corrected chi connectivity index (χ4v) is 2.75. The summed E-state index contributed by atoms with van der Waals surface area (Å²) >= 11 is 0. The van der Waals surface area contributed by atoms with E-state index < -0.39 is 10.0 Å². The van der Waals surface area contributed by atoms with Gasteiger partial charge in [-0.1, -0.05) is 18.2 Å². The highest BCUT2D eigenvalue weighted by molar-refractivity contribution is 7.92. The predicted molar refractivity (Wildman–Crippen MR) is 88.2 cm³/mol. The van der Waals surface area contributed by atoms with Crippen molar-refractivity contribution >= 4 is 21.4 Å². The minimum absolute atomic E-state index is 0.565. The summed E-state index contributed by atoms with van der Waals surface area (Å²) < 4.78 is 24.7. The molecule has 112 valence electrons. The summed E-state index contributed by atoms with van der Waals surface area (Å²) in [5.41, 5.74) is 5.33. The first kappa shape index (κ1) is 15.4. The van der Waals surface area contributed by atoms with Crippen LogP contribution in [0.15, 0.2) is 42.5 Å². The zero-order valence-electron chi connectivity index (χ0n) is 12.5. The zero-order valence-corrected chi connectivity index (χ0v) is 13.3. The van der Waals surface area contributed by atoms with Crippen LogP contribution in [-0.2, 0) is 16.6 Å². The predicted octanol–water partition coefficient (Wildman–Crippen LogP) is 3.29. The van der Waals surface area contributed by atoms with Gasteiger partial charge in [0.05, 0.1) is 6.26 Å². The van der Waals surface area contributed by atoms with Crippen LogP contribution in [0.25, 0.3) is 0 Å². The molecule has 2 N–H and O–H groups in total. The lowest BCUT2D eigenvalue weighted by atomic mass is 10.0.